The largest absolute Gasteiger partial charge is 0.459 e. The van der Waals surface area contributed by atoms with Crippen molar-refractivity contribution < 1.29 is 28.8 Å². The average molecular weight is 405 g/mol. The molecule has 0 aromatic carbocycles. The van der Waals surface area contributed by atoms with E-state index in [1.807, 2.05) is 6.92 Å². The lowest BCUT2D eigenvalue weighted by Gasteiger charge is -2.67. The summed E-state index contributed by atoms with van der Waals surface area (Å²) in [6, 6.07) is 0.360. The number of rotatable bonds is 1. The number of ether oxygens (including phenoxy) is 4. The van der Waals surface area contributed by atoms with Crippen molar-refractivity contribution in [1.82, 2.24) is 4.90 Å². The van der Waals surface area contributed by atoms with Gasteiger partial charge in [0.15, 0.2) is 5.79 Å². The SMILES string of the molecule is CN(C)[C@H]1CO[C@@H]2[C@@]1(C)CC[C@H]1[C@]34CC[C@](O)(OC3)[C@]3(C)C(=O)O[C@@H]([C@H]43)[C@@H]3O[C@@]231. The van der Waals surface area contributed by atoms with Gasteiger partial charge in [-0.15, -0.1) is 0 Å². The molecule has 2 bridgehead atoms. The van der Waals surface area contributed by atoms with Crippen LogP contribution in [0.2, 0.25) is 0 Å². The molecule has 5 saturated heterocycles. The summed E-state index contributed by atoms with van der Waals surface area (Å²) in [5.74, 6) is -1.50. The van der Waals surface area contributed by atoms with E-state index in [1.54, 1.807) is 0 Å². The Morgan fingerprint density at radius 3 is 2.66 bits per heavy atom. The van der Waals surface area contributed by atoms with Crippen LogP contribution in [0.15, 0.2) is 0 Å². The molecule has 8 fully saturated rings. The molecule has 5 heterocycles. The van der Waals surface area contributed by atoms with Crippen molar-refractivity contribution in [3.8, 4) is 0 Å². The van der Waals surface area contributed by atoms with Crippen LogP contribution in [0, 0.1) is 28.1 Å². The third-order valence-electron chi connectivity index (χ3n) is 10.6. The van der Waals surface area contributed by atoms with E-state index in [-0.39, 0.29) is 52.5 Å². The third kappa shape index (κ3) is 1.54. The smallest absolute Gasteiger partial charge is 0.318 e. The number of esters is 1. The molecule has 0 aromatic heterocycles. The number of carbonyl (C=O) groups excluding carboxylic acids is 1. The van der Waals surface area contributed by atoms with Crippen molar-refractivity contribution in [3.63, 3.8) is 0 Å². The molecule has 5 aliphatic heterocycles. The Labute approximate surface area is 171 Å². The van der Waals surface area contributed by atoms with Gasteiger partial charge in [0.25, 0.3) is 0 Å². The number of likely N-dealkylation sites (N-methyl/N-ethyl adjacent to an activating group) is 1. The Kier molecular flexibility index (Phi) is 2.90. The number of hydrogen-bond acceptors (Lipinski definition) is 7. The third-order valence-corrected chi connectivity index (χ3v) is 10.6. The minimum atomic E-state index is -1.41. The first-order valence-electron chi connectivity index (χ1n) is 11.2. The predicted octanol–water partition coefficient (Wildman–Crippen LogP) is 0.930. The van der Waals surface area contributed by atoms with Gasteiger partial charge in [-0.05, 0) is 40.3 Å². The molecule has 3 aliphatic carbocycles. The molecular formula is C22H31NO6. The van der Waals surface area contributed by atoms with Gasteiger partial charge >= 0.3 is 5.97 Å². The standard InChI is InChI=1S/C22H31NO6/c1-18-6-5-11-20-7-8-21(25,27-10-20)19(2)14(20)13(28-17(19)24)15-22(11,29-15)16(18)26-9-12(18)23(3)4/h11-16,25H,5-10H2,1-4H3/t11-,12-,13-,14-,15-,16+,18-,19-,20-,21-,22+/m0/s1. The van der Waals surface area contributed by atoms with Gasteiger partial charge in [-0.2, -0.15) is 0 Å². The summed E-state index contributed by atoms with van der Waals surface area (Å²) in [7, 11) is 4.26. The monoisotopic (exact) mass is 405 g/mol. The highest BCUT2D eigenvalue weighted by molar-refractivity contribution is 5.82. The van der Waals surface area contributed by atoms with E-state index in [1.165, 1.54) is 0 Å². The predicted molar refractivity (Wildman–Crippen MR) is 99.7 cm³/mol. The van der Waals surface area contributed by atoms with Crippen LogP contribution in [-0.2, 0) is 23.7 Å². The lowest BCUT2D eigenvalue weighted by Crippen LogP contribution is -2.76. The zero-order chi connectivity index (χ0) is 20.2. The second-order valence-corrected chi connectivity index (χ2v) is 11.5. The van der Waals surface area contributed by atoms with E-state index < -0.39 is 11.2 Å². The van der Waals surface area contributed by atoms with Crippen molar-refractivity contribution in [2.75, 3.05) is 27.3 Å². The van der Waals surface area contributed by atoms with Crippen LogP contribution in [0.4, 0.5) is 0 Å². The van der Waals surface area contributed by atoms with Crippen molar-refractivity contribution in [1.29, 1.82) is 0 Å². The maximum Gasteiger partial charge on any atom is 0.318 e. The van der Waals surface area contributed by atoms with E-state index in [2.05, 4.69) is 25.9 Å². The Morgan fingerprint density at radius 2 is 1.97 bits per heavy atom. The Hall–Kier alpha value is -0.730. The van der Waals surface area contributed by atoms with Crippen LogP contribution in [0.25, 0.3) is 0 Å². The fraction of sp³-hybridized carbons (Fsp3) is 0.955. The number of carbonyl (C=O) groups is 1. The summed E-state index contributed by atoms with van der Waals surface area (Å²) in [5, 5.41) is 11.3. The van der Waals surface area contributed by atoms with Crippen molar-refractivity contribution in [2.45, 2.75) is 75.3 Å². The summed E-state index contributed by atoms with van der Waals surface area (Å²) in [4.78, 5) is 15.4. The molecule has 0 radical (unpaired) electrons. The Balaban J connectivity index is 1.38. The van der Waals surface area contributed by atoms with Crippen molar-refractivity contribution in [3.05, 3.63) is 0 Å². The minimum absolute atomic E-state index is 0.00905. The Morgan fingerprint density at radius 1 is 1.17 bits per heavy atom. The maximum atomic E-state index is 13.1. The topological polar surface area (TPSA) is 80.8 Å². The van der Waals surface area contributed by atoms with Gasteiger partial charge in [0.1, 0.15) is 23.2 Å². The highest BCUT2D eigenvalue weighted by Crippen LogP contribution is 2.79. The summed E-state index contributed by atoms with van der Waals surface area (Å²) in [6.07, 6.45) is 3.06. The fourth-order valence-corrected chi connectivity index (χ4v) is 9.28. The molecular weight excluding hydrogens is 374 g/mol. The maximum absolute atomic E-state index is 13.1. The molecule has 11 atom stereocenters. The molecule has 7 nitrogen and oxygen atoms in total. The summed E-state index contributed by atoms with van der Waals surface area (Å²) >= 11 is 0. The van der Waals surface area contributed by atoms with Gasteiger partial charge in [-0.1, -0.05) is 6.92 Å². The van der Waals surface area contributed by atoms with Gasteiger partial charge in [0.2, 0.25) is 0 Å². The molecule has 7 heteroatoms. The number of fused-ring (bicyclic) bond motifs is 4. The number of aliphatic hydroxyl groups is 1. The lowest BCUT2D eigenvalue weighted by molar-refractivity contribution is -0.376. The first kappa shape index (κ1) is 17.9. The first-order valence-corrected chi connectivity index (χ1v) is 11.2. The highest BCUT2D eigenvalue weighted by atomic mass is 16.7. The number of nitrogens with zero attached hydrogens (tertiary/aromatic N) is 1. The molecule has 0 amide bonds. The fourth-order valence-electron chi connectivity index (χ4n) is 9.28. The van der Waals surface area contributed by atoms with Crippen LogP contribution in [-0.4, -0.2) is 79.0 Å². The van der Waals surface area contributed by atoms with Gasteiger partial charge in [-0.25, -0.2) is 0 Å². The summed E-state index contributed by atoms with van der Waals surface area (Å²) < 4.78 is 25.2. The molecule has 8 rings (SSSR count). The van der Waals surface area contributed by atoms with E-state index >= 15 is 0 Å². The van der Waals surface area contributed by atoms with Crippen LogP contribution < -0.4 is 0 Å². The van der Waals surface area contributed by atoms with E-state index in [0.29, 0.717) is 25.7 Å². The molecule has 29 heavy (non-hydrogen) atoms. The molecule has 2 spiro atoms. The molecule has 0 unspecified atom stereocenters. The van der Waals surface area contributed by atoms with E-state index in [4.69, 9.17) is 18.9 Å². The second kappa shape index (κ2) is 4.70. The quantitative estimate of drug-likeness (QED) is 0.513. The lowest BCUT2D eigenvalue weighted by atomic mass is 9.39. The van der Waals surface area contributed by atoms with Crippen LogP contribution in [0.5, 0.6) is 0 Å². The zero-order valence-corrected chi connectivity index (χ0v) is 17.6. The van der Waals surface area contributed by atoms with Gasteiger partial charge in [0, 0.05) is 35.1 Å². The molecule has 160 valence electrons. The summed E-state index contributed by atoms with van der Waals surface area (Å²) in [6.45, 7) is 5.42. The van der Waals surface area contributed by atoms with Crippen LogP contribution in [0.1, 0.15) is 39.5 Å². The minimum Gasteiger partial charge on any atom is -0.459 e. The van der Waals surface area contributed by atoms with Crippen molar-refractivity contribution >= 4 is 5.97 Å². The molecule has 3 saturated carbocycles. The van der Waals surface area contributed by atoms with E-state index in [9.17, 15) is 9.90 Å². The highest BCUT2D eigenvalue weighted by Gasteiger charge is 2.90. The average Bonchev–Trinajstić information content (AvgIpc) is 3.17. The normalized spacial score (nSPS) is 66.2. The summed E-state index contributed by atoms with van der Waals surface area (Å²) in [5.41, 5.74) is -1.56. The zero-order valence-electron chi connectivity index (χ0n) is 17.6. The second-order valence-electron chi connectivity index (χ2n) is 11.5. The van der Waals surface area contributed by atoms with Gasteiger partial charge < -0.3 is 29.0 Å². The van der Waals surface area contributed by atoms with Crippen molar-refractivity contribution in [2.24, 2.45) is 28.1 Å². The number of epoxide rings is 1. The van der Waals surface area contributed by atoms with Crippen LogP contribution in [0.3, 0.4) is 0 Å². The molecule has 1 N–H and O–H groups in total. The molecule has 8 aliphatic rings. The number of hydrogen-bond donors (Lipinski definition) is 1. The van der Waals surface area contributed by atoms with Gasteiger partial charge in [-0.3, -0.25) is 4.79 Å². The first-order chi connectivity index (χ1) is 13.7. The van der Waals surface area contributed by atoms with Crippen LogP contribution >= 0.6 is 0 Å². The van der Waals surface area contributed by atoms with Gasteiger partial charge in [0.05, 0.1) is 19.3 Å². The Bertz CT molecular complexity index is 822. The molecule has 0 aromatic rings. The van der Waals surface area contributed by atoms with E-state index in [0.717, 1.165) is 19.3 Å².